The van der Waals surface area contributed by atoms with Crippen LogP contribution in [0.15, 0.2) is 12.3 Å². The third-order valence-electron chi connectivity index (χ3n) is 1.50. The predicted octanol–water partition coefficient (Wildman–Crippen LogP) is 1.27. The van der Waals surface area contributed by atoms with Crippen molar-refractivity contribution >= 4 is 17.6 Å². The normalized spacial score (nSPS) is 8.73. The molecule has 0 aliphatic heterocycles. The number of hydrogen-bond donors (Lipinski definition) is 0. The van der Waals surface area contributed by atoms with Gasteiger partial charge < -0.3 is 9.47 Å². The fourth-order valence-electron chi connectivity index (χ4n) is 0.818. The molecule has 0 bridgehead atoms. The SMILES string of the molecule is COC(=O)C#Cc1cnc(OC)c(Cl)c1. The van der Waals surface area contributed by atoms with Crippen LogP contribution in [-0.4, -0.2) is 25.2 Å². The number of ether oxygens (including phenoxy) is 2. The van der Waals surface area contributed by atoms with Crippen LogP contribution in [0.2, 0.25) is 5.02 Å². The zero-order valence-corrected chi connectivity index (χ0v) is 8.96. The summed E-state index contributed by atoms with van der Waals surface area (Å²) in [5.41, 5.74) is 0.520. The van der Waals surface area contributed by atoms with Crippen LogP contribution in [0.1, 0.15) is 5.56 Å². The van der Waals surface area contributed by atoms with Crippen molar-refractivity contribution in [3.05, 3.63) is 22.8 Å². The van der Waals surface area contributed by atoms with E-state index in [0.717, 1.165) is 0 Å². The molecule has 0 radical (unpaired) electrons. The summed E-state index contributed by atoms with van der Waals surface area (Å²) in [6.45, 7) is 0. The van der Waals surface area contributed by atoms with Gasteiger partial charge >= 0.3 is 5.97 Å². The van der Waals surface area contributed by atoms with Crippen LogP contribution in [-0.2, 0) is 9.53 Å². The second kappa shape index (κ2) is 5.23. The van der Waals surface area contributed by atoms with E-state index in [1.165, 1.54) is 20.4 Å². The van der Waals surface area contributed by atoms with Gasteiger partial charge in [0.2, 0.25) is 5.88 Å². The van der Waals surface area contributed by atoms with E-state index in [1.807, 2.05) is 0 Å². The Balaban J connectivity index is 2.92. The third-order valence-corrected chi connectivity index (χ3v) is 1.77. The second-order valence-electron chi connectivity index (χ2n) is 2.46. The Morgan fingerprint density at radius 3 is 2.80 bits per heavy atom. The maximum absolute atomic E-state index is 10.7. The Hall–Kier alpha value is -1.73. The summed E-state index contributed by atoms with van der Waals surface area (Å²) in [4.78, 5) is 14.6. The molecule has 0 saturated heterocycles. The number of methoxy groups -OCH3 is 2. The molecule has 0 saturated carbocycles. The van der Waals surface area contributed by atoms with Gasteiger partial charge in [0.1, 0.15) is 5.02 Å². The van der Waals surface area contributed by atoms with Gasteiger partial charge in [-0.05, 0) is 6.07 Å². The van der Waals surface area contributed by atoms with Crippen LogP contribution in [0.3, 0.4) is 0 Å². The first-order chi connectivity index (χ1) is 7.17. The van der Waals surface area contributed by atoms with E-state index in [0.29, 0.717) is 16.5 Å². The van der Waals surface area contributed by atoms with Crippen LogP contribution in [0.25, 0.3) is 0 Å². The minimum atomic E-state index is -0.609. The number of rotatable bonds is 1. The number of pyridine rings is 1. The molecular formula is C10H8ClNO3. The molecule has 0 fully saturated rings. The van der Waals surface area contributed by atoms with Crippen LogP contribution in [0.4, 0.5) is 0 Å². The fraction of sp³-hybridized carbons (Fsp3) is 0.200. The van der Waals surface area contributed by atoms with E-state index in [4.69, 9.17) is 16.3 Å². The quantitative estimate of drug-likeness (QED) is 0.534. The van der Waals surface area contributed by atoms with Crippen molar-refractivity contribution in [1.29, 1.82) is 0 Å². The summed E-state index contributed by atoms with van der Waals surface area (Å²) in [5, 5.41) is 0.342. The molecule has 0 N–H and O–H groups in total. The molecule has 0 unspecified atom stereocenters. The van der Waals surface area contributed by atoms with Gasteiger partial charge in [-0.25, -0.2) is 9.78 Å². The topological polar surface area (TPSA) is 48.4 Å². The number of carbonyl (C=O) groups excluding carboxylic acids is 1. The van der Waals surface area contributed by atoms with E-state index in [9.17, 15) is 4.79 Å². The molecule has 1 aromatic rings. The summed E-state index contributed by atoms with van der Waals surface area (Å²) >= 11 is 5.81. The second-order valence-corrected chi connectivity index (χ2v) is 2.86. The zero-order chi connectivity index (χ0) is 11.3. The maximum Gasteiger partial charge on any atom is 0.384 e. The number of aromatic nitrogens is 1. The highest BCUT2D eigenvalue weighted by Crippen LogP contribution is 2.21. The van der Waals surface area contributed by atoms with Gasteiger partial charge in [0.25, 0.3) is 0 Å². The molecule has 0 spiro atoms. The van der Waals surface area contributed by atoms with Crippen molar-refractivity contribution in [2.45, 2.75) is 0 Å². The average molecular weight is 226 g/mol. The van der Waals surface area contributed by atoms with Gasteiger partial charge in [-0.3, -0.25) is 0 Å². The molecule has 0 atom stereocenters. The lowest BCUT2D eigenvalue weighted by Gasteiger charge is -2.00. The molecule has 0 aliphatic rings. The van der Waals surface area contributed by atoms with Gasteiger partial charge in [-0.2, -0.15) is 0 Å². The van der Waals surface area contributed by atoms with E-state index in [1.54, 1.807) is 6.07 Å². The Kier molecular flexibility index (Phi) is 3.95. The van der Waals surface area contributed by atoms with E-state index < -0.39 is 5.97 Å². The number of nitrogens with zero attached hydrogens (tertiary/aromatic N) is 1. The number of halogens is 1. The highest BCUT2D eigenvalue weighted by atomic mass is 35.5. The van der Waals surface area contributed by atoms with Crippen molar-refractivity contribution in [1.82, 2.24) is 4.98 Å². The first-order valence-corrected chi connectivity index (χ1v) is 4.34. The molecule has 0 aromatic carbocycles. The molecule has 78 valence electrons. The van der Waals surface area contributed by atoms with Crippen LogP contribution in [0.5, 0.6) is 5.88 Å². The number of carbonyl (C=O) groups is 1. The first-order valence-electron chi connectivity index (χ1n) is 3.97. The van der Waals surface area contributed by atoms with Crippen LogP contribution >= 0.6 is 11.6 Å². The first kappa shape index (κ1) is 11.3. The van der Waals surface area contributed by atoms with Gasteiger partial charge in [-0.1, -0.05) is 17.5 Å². The third kappa shape index (κ3) is 3.15. The van der Waals surface area contributed by atoms with E-state index in [2.05, 4.69) is 21.6 Å². The molecular weight excluding hydrogens is 218 g/mol. The maximum atomic E-state index is 10.7. The van der Waals surface area contributed by atoms with Crippen molar-refractivity contribution in [3.8, 4) is 17.7 Å². The highest BCUT2D eigenvalue weighted by molar-refractivity contribution is 6.31. The van der Waals surface area contributed by atoms with Gasteiger partial charge in [0.05, 0.1) is 14.2 Å². The summed E-state index contributed by atoms with van der Waals surface area (Å²) < 4.78 is 9.22. The van der Waals surface area contributed by atoms with E-state index in [-0.39, 0.29) is 0 Å². The summed E-state index contributed by atoms with van der Waals surface area (Å²) in [5.74, 6) is 4.53. The van der Waals surface area contributed by atoms with E-state index >= 15 is 0 Å². The summed E-state index contributed by atoms with van der Waals surface area (Å²) in [6, 6.07) is 1.56. The Labute approximate surface area is 92.2 Å². The zero-order valence-electron chi connectivity index (χ0n) is 8.20. The molecule has 1 heterocycles. The lowest BCUT2D eigenvalue weighted by molar-refractivity contribution is -0.133. The molecule has 0 aliphatic carbocycles. The smallest absolute Gasteiger partial charge is 0.384 e. The molecule has 5 heteroatoms. The minimum Gasteiger partial charge on any atom is -0.480 e. The Morgan fingerprint density at radius 2 is 2.27 bits per heavy atom. The van der Waals surface area contributed by atoms with Crippen molar-refractivity contribution in [3.63, 3.8) is 0 Å². The van der Waals surface area contributed by atoms with Crippen LogP contribution in [0, 0.1) is 11.8 Å². The number of hydrogen-bond acceptors (Lipinski definition) is 4. The highest BCUT2D eigenvalue weighted by Gasteiger charge is 2.01. The Bertz CT molecular complexity index is 434. The fourth-order valence-corrected chi connectivity index (χ4v) is 1.06. The molecule has 4 nitrogen and oxygen atoms in total. The van der Waals surface area contributed by atoms with Gasteiger partial charge in [0.15, 0.2) is 0 Å². The molecule has 15 heavy (non-hydrogen) atoms. The molecule has 1 aromatic heterocycles. The number of esters is 1. The Morgan fingerprint density at radius 1 is 1.53 bits per heavy atom. The minimum absolute atomic E-state index is 0.320. The van der Waals surface area contributed by atoms with Gasteiger partial charge in [0, 0.05) is 17.7 Å². The lowest BCUT2D eigenvalue weighted by Crippen LogP contribution is -1.95. The van der Waals surface area contributed by atoms with Gasteiger partial charge in [-0.15, -0.1) is 0 Å². The summed E-state index contributed by atoms with van der Waals surface area (Å²) in [6.07, 6.45) is 1.46. The van der Waals surface area contributed by atoms with Crippen molar-refractivity contribution < 1.29 is 14.3 Å². The largest absolute Gasteiger partial charge is 0.480 e. The monoisotopic (exact) mass is 225 g/mol. The van der Waals surface area contributed by atoms with Crippen molar-refractivity contribution in [2.75, 3.05) is 14.2 Å². The molecule has 0 amide bonds. The standard InChI is InChI=1S/C10H8ClNO3/c1-14-9(13)4-3-7-5-8(11)10(15-2)12-6-7/h5-6H,1-2H3. The molecule has 1 rings (SSSR count). The van der Waals surface area contributed by atoms with Crippen molar-refractivity contribution in [2.24, 2.45) is 0 Å². The lowest BCUT2D eigenvalue weighted by atomic mass is 10.3. The summed E-state index contributed by atoms with van der Waals surface area (Å²) in [7, 11) is 2.73. The predicted molar refractivity (Wildman–Crippen MR) is 54.7 cm³/mol. The average Bonchev–Trinajstić information content (AvgIpc) is 2.26. The van der Waals surface area contributed by atoms with Crippen LogP contribution < -0.4 is 4.74 Å².